The third-order valence-electron chi connectivity index (χ3n) is 4.46. The van der Waals surface area contributed by atoms with Crippen molar-refractivity contribution in [1.29, 1.82) is 0 Å². The van der Waals surface area contributed by atoms with Gasteiger partial charge in [0.05, 0.1) is 0 Å². The van der Waals surface area contributed by atoms with Crippen LogP contribution in [0.25, 0.3) is 0 Å². The van der Waals surface area contributed by atoms with Gasteiger partial charge in [0.2, 0.25) is 0 Å². The lowest BCUT2D eigenvalue weighted by molar-refractivity contribution is -0.148. The maximum absolute atomic E-state index is 11.1. The fraction of sp³-hybridized carbons (Fsp3) is 0.208. The summed E-state index contributed by atoms with van der Waals surface area (Å²) in [4.78, 5) is 11.1. The molecule has 0 aliphatic carbocycles. The van der Waals surface area contributed by atoms with E-state index in [0.717, 1.165) is 22.4 Å². The number of benzene rings is 3. The highest BCUT2D eigenvalue weighted by atomic mass is 16.5. The summed E-state index contributed by atoms with van der Waals surface area (Å²) in [6.45, 7) is 0.934. The maximum Gasteiger partial charge on any atom is 0.333 e. The maximum atomic E-state index is 11.1. The third kappa shape index (κ3) is 6.36. The summed E-state index contributed by atoms with van der Waals surface area (Å²) in [5, 5.41) is 9.06. The summed E-state index contributed by atoms with van der Waals surface area (Å²) in [6.07, 6.45) is -0.534. The third-order valence-corrected chi connectivity index (χ3v) is 4.46. The van der Waals surface area contributed by atoms with Crippen LogP contribution in [0.5, 0.6) is 11.5 Å². The molecule has 29 heavy (non-hydrogen) atoms. The minimum Gasteiger partial charge on any atom is -0.489 e. The molecular formula is C24H24O5. The van der Waals surface area contributed by atoms with Gasteiger partial charge in [0.15, 0.2) is 6.10 Å². The van der Waals surface area contributed by atoms with Gasteiger partial charge in [-0.3, -0.25) is 0 Å². The predicted octanol–water partition coefficient (Wildman–Crippen LogP) is 4.49. The van der Waals surface area contributed by atoms with E-state index in [4.69, 9.17) is 19.3 Å². The lowest BCUT2D eigenvalue weighted by Gasteiger charge is -2.12. The van der Waals surface area contributed by atoms with Crippen molar-refractivity contribution in [2.75, 3.05) is 7.11 Å². The van der Waals surface area contributed by atoms with E-state index in [1.54, 1.807) is 0 Å². The Morgan fingerprint density at radius 2 is 1.45 bits per heavy atom. The van der Waals surface area contributed by atoms with Crippen LogP contribution in [-0.2, 0) is 29.2 Å². The lowest BCUT2D eigenvalue weighted by Crippen LogP contribution is -2.24. The standard InChI is InChI=1S/C24H24O5/c1-27-23(24(25)26)15-18-10-12-21(13-11-18)28-17-20-8-5-9-22(14-20)29-16-19-6-3-2-4-7-19/h2-14,23H,15-17H2,1H3,(H,25,26)/t23-/m0/s1. The van der Waals surface area contributed by atoms with E-state index in [1.807, 2.05) is 78.9 Å². The fourth-order valence-corrected chi connectivity index (χ4v) is 2.84. The number of aliphatic carboxylic acids is 1. The van der Waals surface area contributed by atoms with Gasteiger partial charge < -0.3 is 19.3 Å². The van der Waals surface area contributed by atoms with Gasteiger partial charge in [-0.2, -0.15) is 0 Å². The average Bonchev–Trinajstić information content (AvgIpc) is 2.76. The summed E-state index contributed by atoms with van der Waals surface area (Å²) in [5.74, 6) is 0.542. The van der Waals surface area contributed by atoms with Crippen LogP contribution in [0.3, 0.4) is 0 Å². The molecule has 0 radical (unpaired) electrons. The lowest BCUT2D eigenvalue weighted by atomic mass is 10.1. The molecule has 0 heterocycles. The molecule has 0 amide bonds. The van der Waals surface area contributed by atoms with Crippen LogP contribution < -0.4 is 9.47 Å². The van der Waals surface area contributed by atoms with Crippen LogP contribution >= 0.6 is 0 Å². The van der Waals surface area contributed by atoms with Crippen molar-refractivity contribution in [3.05, 3.63) is 95.6 Å². The second-order valence-corrected chi connectivity index (χ2v) is 6.62. The van der Waals surface area contributed by atoms with Crippen molar-refractivity contribution >= 4 is 5.97 Å². The predicted molar refractivity (Wildman–Crippen MR) is 110 cm³/mol. The van der Waals surface area contributed by atoms with Gasteiger partial charge in [-0.1, -0.05) is 54.6 Å². The van der Waals surface area contributed by atoms with Gasteiger partial charge in [0.1, 0.15) is 24.7 Å². The Balaban J connectivity index is 1.52. The quantitative estimate of drug-likeness (QED) is 0.551. The summed E-state index contributed by atoms with van der Waals surface area (Å²) < 4.78 is 16.7. The van der Waals surface area contributed by atoms with E-state index < -0.39 is 12.1 Å². The molecule has 1 atom stereocenters. The van der Waals surface area contributed by atoms with Gasteiger partial charge >= 0.3 is 5.97 Å². The zero-order chi connectivity index (χ0) is 20.5. The summed E-state index contributed by atoms with van der Waals surface area (Å²) >= 11 is 0. The highest BCUT2D eigenvalue weighted by Gasteiger charge is 2.16. The van der Waals surface area contributed by atoms with Crippen LogP contribution in [0.4, 0.5) is 0 Å². The molecule has 0 unspecified atom stereocenters. The Morgan fingerprint density at radius 1 is 0.793 bits per heavy atom. The Hall–Kier alpha value is -3.31. The molecule has 5 nitrogen and oxygen atoms in total. The highest BCUT2D eigenvalue weighted by molar-refractivity contribution is 5.72. The topological polar surface area (TPSA) is 65.0 Å². The van der Waals surface area contributed by atoms with Crippen LogP contribution in [0, 0.1) is 0 Å². The monoisotopic (exact) mass is 392 g/mol. The molecular weight excluding hydrogens is 368 g/mol. The first-order chi connectivity index (χ1) is 14.1. The van der Waals surface area contributed by atoms with Crippen molar-refractivity contribution in [1.82, 2.24) is 0 Å². The molecule has 0 aliphatic rings. The number of hydrogen-bond donors (Lipinski definition) is 1. The fourth-order valence-electron chi connectivity index (χ4n) is 2.84. The van der Waals surface area contributed by atoms with Crippen LogP contribution in [-0.4, -0.2) is 24.3 Å². The van der Waals surface area contributed by atoms with Crippen molar-refractivity contribution in [3.63, 3.8) is 0 Å². The molecule has 3 aromatic carbocycles. The van der Waals surface area contributed by atoms with E-state index >= 15 is 0 Å². The van der Waals surface area contributed by atoms with Gasteiger partial charge in [0.25, 0.3) is 0 Å². The summed E-state index contributed by atoms with van der Waals surface area (Å²) in [6, 6.07) is 25.2. The molecule has 0 fully saturated rings. The number of carboxylic acids is 1. The average molecular weight is 392 g/mol. The van der Waals surface area contributed by atoms with Crippen molar-refractivity contribution in [3.8, 4) is 11.5 Å². The molecule has 0 saturated heterocycles. The van der Waals surface area contributed by atoms with Crippen LogP contribution in [0.2, 0.25) is 0 Å². The number of methoxy groups -OCH3 is 1. The number of carboxylic acid groups (broad SMARTS) is 1. The van der Waals surface area contributed by atoms with Crippen molar-refractivity contribution in [2.24, 2.45) is 0 Å². The van der Waals surface area contributed by atoms with Crippen molar-refractivity contribution < 1.29 is 24.1 Å². The Kier molecular flexibility index (Phi) is 7.25. The Morgan fingerprint density at radius 3 is 2.14 bits per heavy atom. The van der Waals surface area contributed by atoms with Gasteiger partial charge in [0, 0.05) is 13.5 Å². The smallest absolute Gasteiger partial charge is 0.333 e. The Labute approximate surface area is 170 Å². The molecule has 150 valence electrons. The molecule has 0 spiro atoms. The summed E-state index contributed by atoms with van der Waals surface area (Å²) in [5.41, 5.74) is 3.00. The molecule has 3 aromatic rings. The van der Waals surface area contributed by atoms with Gasteiger partial charge in [-0.05, 0) is 41.0 Å². The normalized spacial score (nSPS) is 11.6. The van der Waals surface area contributed by atoms with Crippen molar-refractivity contribution in [2.45, 2.75) is 25.7 Å². The minimum absolute atomic E-state index is 0.312. The first-order valence-corrected chi connectivity index (χ1v) is 9.37. The number of rotatable bonds is 10. The first kappa shape index (κ1) is 20.4. The number of carbonyl (C=O) groups is 1. The highest BCUT2D eigenvalue weighted by Crippen LogP contribution is 2.19. The van der Waals surface area contributed by atoms with Gasteiger partial charge in [-0.25, -0.2) is 4.79 Å². The number of hydrogen-bond acceptors (Lipinski definition) is 4. The van der Waals surface area contributed by atoms with E-state index in [1.165, 1.54) is 7.11 Å². The zero-order valence-corrected chi connectivity index (χ0v) is 16.3. The largest absolute Gasteiger partial charge is 0.489 e. The van der Waals surface area contributed by atoms with Crippen LogP contribution in [0.1, 0.15) is 16.7 Å². The molecule has 0 aromatic heterocycles. The van der Waals surface area contributed by atoms with Gasteiger partial charge in [-0.15, -0.1) is 0 Å². The van der Waals surface area contributed by atoms with E-state index in [0.29, 0.717) is 25.4 Å². The van der Waals surface area contributed by atoms with E-state index in [9.17, 15) is 4.79 Å². The SMILES string of the molecule is CO[C@@H](Cc1ccc(OCc2cccc(OCc3ccccc3)c2)cc1)C(=O)O. The zero-order valence-electron chi connectivity index (χ0n) is 16.3. The Bertz CT molecular complexity index is 906. The number of ether oxygens (including phenoxy) is 3. The molecule has 3 rings (SSSR count). The molecule has 0 aliphatic heterocycles. The second kappa shape index (κ2) is 10.3. The molecule has 0 bridgehead atoms. The molecule has 5 heteroatoms. The second-order valence-electron chi connectivity index (χ2n) is 6.62. The minimum atomic E-state index is -0.970. The summed E-state index contributed by atoms with van der Waals surface area (Å²) in [7, 11) is 1.40. The first-order valence-electron chi connectivity index (χ1n) is 9.37. The molecule has 0 saturated carbocycles. The molecule has 1 N–H and O–H groups in total. The van der Waals surface area contributed by atoms with E-state index in [-0.39, 0.29) is 0 Å². The van der Waals surface area contributed by atoms with Crippen LogP contribution in [0.15, 0.2) is 78.9 Å². The van der Waals surface area contributed by atoms with E-state index in [2.05, 4.69) is 0 Å².